The lowest BCUT2D eigenvalue weighted by Gasteiger charge is -2.04. The summed E-state index contributed by atoms with van der Waals surface area (Å²) in [5.41, 5.74) is 4.23. The molecule has 2 N–H and O–H groups in total. The molecule has 150 valence electrons. The molecule has 0 unspecified atom stereocenters. The first kappa shape index (κ1) is 18.1. The molecule has 0 atom stereocenters. The van der Waals surface area contributed by atoms with Crippen molar-refractivity contribution in [2.45, 2.75) is 19.3 Å². The second-order valence-corrected chi connectivity index (χ2v) is 7.04. The van der Waals surface area contributed by atoms with Crippen molar-refractivity contribution in [3.63, 3.8) is 0 Å². The van der Waals surface area contributed by atoms with E-state index in [1.54, 1.807) is 7.11 Å². The highest BCUT2D eigenvalue weighted by molar-refractivity contribution is 6.03. The van der Waals surface area contributed by atoms with Crippen molar-refractivity contribution >= 4 is 11.9 Å². The number of hydrogen-bond acceptors (Lipinski definition) is 5. The van der Waals surface area contributed by atoms with Crippen molar-refractivity contribution in [3.05, 3.63) is 71.5 Å². The molecule has 2 heterocycles. The number of carbonyl (C=O) groups is 1. The summed E-state index contributed by atoms with van der Waals surface area (Å²) in [6, 6.07) is 17.3. The van der Waals surface area contributed by atoms with Gasteiger partial charge in [-0.2, -0.15) is 10.1 Å². The Morgan fingerprint density at radius 1 is 1.10 bits per heavy atom. The van der Waals surface area contributed by atoms with Crippen LogP contribution in [0.1, 0.15) is 28.2 Å². The maximum atomic E-state index is 13.0. The zero-order valence-corrected chi connectivity index (χ0v) is 16.4. The highest BCUT2D eigenvalue weighted by Crippen LogP contribution is 2.29. The molecule has 0 spiro atoms. The Balaban J connectivity index is 1.43. The summed E-state index contributed by atoms with van der Waals surface area (Å²) in [5, 5.41) is 14.4. The van der Waals surface area contributed by atoms with Crippen LogP contribution in [0.3, 0.4) is 0 Å². The number of fused-ring (bicyclic) bond motifs is 1. The number of nitrogens with one attached hydrogen (secondary N) is 2. The Kier molecular flexibility index (Phi) is 4.51. The van der Waals surface area contributed by atoms with Crippen molar-refractivity contribution in [2.75, 3.05) is 12.4 Å². The summed E-state index contributed by atoms with van der Waals surface area (Å²) >= 11 is 0. The lowest BCUT2D eigenvalue weighted by atomic mass is 10.2. The molecule has 5 rings (SSSR count). The van der Waals surface area contributed by atoms with E-state index in [0.717, 1.165) is 41.8 Å². The summed E-state index contributed by atoms with van der Waals surface area (Å²) in [4.78, 5) is 17.4. The van der Waals surface area contributed by atoms with E-state index in [1.807, 2.05) is 59.3 Å². The Morgan fingerprint density at radius 2 is 1.90 bits per heavy atom. The molecule has 2 aromatic carbocycles. The number of aromatic nitrogens is 5. The summed E-state index contributed by atoms with van der Waals surface area (Å²) in [5.74, 6) is 1.07. The van der Waals surface area contributed by atoms with Crippen molar-refractivity contribution in [2.24, 2.45) is 0 Å². The molecule has 1 aliphatic rings. The van der Waals surface area contributed by atoms with Gasteiger partial charge in [-0.15, -0.1) is 5.10 Å². The largest absolute Gasteiger partial charge is 0.496 e. The van der Waals surface area contributed by atoms with Gasteiger partial charge in [0.1, 0.15) is 5.75 Å². The number of amides is 1. The van der Waals surface area contributed by atoms with Gasteiger partial charge in [-0.05, 0) is 43.5 Å². The quantitative estimate of drug-likeness (QED) is 0.535. The molecule has 8 nitrogen and oxygen atoms in total. The van der Waals surface area contributed by atoms with E-state index in [0.29, 0.717) is 17.3 Å². The van der Waals surface area contributed by atoms with E-state index in [1.165, 1.54) is 0 Å². The molecule has 4 aromatic rings. The number of para-hydroxylation sites is 2. The van der Waals surface area contributed by atoms with Crippen LogP contribution in [0.4, 0.5) is 5.95 Å². The van der Waals surface area contributed by atoms with E-state index in [4.69, 9.17) is 4.74 Å². The molecular weight excluding hydrogens is 380 g/mol. The summed E-state index contributed by atoms with van der Waals surface area (Å²) in [6.45, 7) is 0. The van der Waals surface area contributed by atoms with Gasteiger partial charge in [0, 0.05) is 11.3 Å². The number of carbonyl (C=O) groups excluding carboxylic acids is 1. The third-order valence-corrected chi connectivity index (χ3v) is 5.22. The second-order valence-electron chi connectivity index (χ2n) is 7.04. The molecule has 1 amide bonds. The van der Waals surface area contributed by atoms with Crippen LogP contribution in [0.25, 0.3) is 17.1 Å². The number of methoxy groups -OCH3 is 1. The van der Waals surface area contributed by atoms with Gasteiger partial charge in [0.25, 0.3) is 5.91 Å². The molecule has 0 saturated carbocycles. The van der Waals surface area contributed by atoms with Gasteiger partial charge in [-0.1, -0.05) is 30.3 Å². The standard InChI is InChI=1S/C22H20N6O2/c1-30-18-13-6-5-10-16(18)20-23-22(26-25-20)24-21(29)19-15-11-7-12-17(15)28(27-19)14-8-3-2-4-9-14/h2-6,8-10,13H,7,11-12H2,1H3,(H2,23,24,25,26,29). The van der Waals surface area contributed by atoms with Gasteiger partial charge in [0.2, 0.25) is 5.95 Å². The van der Waals surface area contributed by atoms with Gasteiger partial charge in [0.15, 0.2) is 11.5 Å². The highest BCUT2D eigenvalue weighted by Gasteiger charge is 2.27. The number of anilines is 1. The first-order chi connectivity index (χ1) is 14.7. The minimum atomic E-state index is -0.312. The van der Waals surface area contributed by atoms with Crippen LogP contribution >= 0.6 is 0 Å². The number of aromatic amines is 1. The molecule has 8 heteroatoms. The smallest absolute Gasteiger partial charge is 0.278 e. The third kappa shape index (κ3) is 3.12. The Hall–Kier alpha value is -3.94. The number of benzene rings is 2. The number of ether oxygens (including phenoxy) is 1. The van der Waals surface area contributed by atoms with Crippen LogP contribution in [0.15, 0.2) is 54.6 Å². The van der Waals surface area contributed by atoms with E-state index in [-0.39, 0.29) is 11.9 Å². The summed E-state index contributed by atoms with van der Waals surface area (Å²) in [7, 11) is 1.60. The number of H-pyrrole nitrogens is 1. The van der Waals surface area contributed by atoms with Crippen molar-refractivity contribution in [1.29, 1.82) is 0 Å². The third-order valence-electron chi connectivity index (χ3n) is 5.22. The summed E-state index contributed by atoms with van der Waals surface area (Å²) in [6.07, 6.45) is 2.76. The average molecular weight is 400 g/mol. The van der Waals surface area contributed by atoms with Crippen LogP contribution in [0.5, 0.6) is 5.75 Å². The van der Waals surface area contributed by atoms with Crippen LogP contribution in [-0.4, -0.2) is 38.0 Å². The predicted octanol–water partition coefficient (Wildman–Crippen LogP) is 3.41. The van der Waals surface area contributed by atoms with Gasteiger partial charge in [-0.3, -0.25) is 15.2 Å². The Bertz CT molecular complexity index is 1210. The van der Waals surface area contributed by atoms with E-state index in [9.17, 15) is 4.79 Å². The lowest BCUT2D eigenvalue weighted by Crippen LogP contribution is -2.16. The molecule has 0 fully saturated rings. The van der Waals surface area contributed by atoms with Gasteiger partial charge in [-0.25, -0.2) is 4.68 Å². The first-order valence-corrected chi connectivity index (χ1v) is 9.78. The minimum Gasteiger partial charge on any atom is -0.496 e. The molecule has 0 radical (unpaired) electrons. The maximum Gasteiger partial charge on any atom is 0.278 e. The number of nitrogens with zero attached hydrogens (tertiary/aromatic N) is 4. The Morgan fingerprint density at radius 3 is 2.73 bits per heavy atom. The fraction of sp³-hybridized carbons (Fsp3) is 0.182. The van der Waals surface area contributed by atoms with E-state index in [2.05, 4.69) is 25.6 Å². The Labute approximate surface area is 172 Å². The van der Waals surface area contributed by atoms with Gasteiger partial charge < -0.3 is 4.74 Å². The van der Waals surface area contributed by atoms with Crippen molar-refractivity contribution < 1.29 is 9.53 Å². The normalized spacial score (nSPS) is 12.6. The maximum absolute atomic E-state index is 13.0. The minimum absolute atomic E-state index is 0.196. The zero-order chi connectivity index (χ0) is 20.5. The van der Waals surface area contributed by atoms with Gasteiger partial charge >= 0.3 is 0 Å². The van der Waals surface area contributed by atoms with E-state index < -0.39 is 0 Å². The van der Waals surface area contributed by atoms with E-state index >= 15 is 0 Å². The molecule has 0 bridgehead atoms. The summed E-state index contributed by atoms with van der Waals surface area (Å²) < 4.78 is 7.24. The fourth-order valence-corrected chi connectivity index (χ4v) is 3.84. The van der Waals surface area contributed by atoms with Crippen LogP contribution in [-0.2, 0) is 12.8 Å². The predicted molar refractivity (Wildman–Crippen MR) is 112 cm³/mol. The molecular formula is C22H20N6O2. The number of hydrogen-bond donors (Lipinski definition) is 2. The monoisotopic (exact) mass is 400 g/mol. The molecule has 1 aliphatic carbocycles. The molecule has 0 aliphatic heterocycles. The van der Waals surface area contributed by atoms with Crippen LogP contribution in [0, 0.1) is 0 Å². The number of rotatable bonds is 5. The second kappa shape index (κ2) is 7.47. The molecule has 0 saturated heterocycles. The molecule has 2 aromatic heterocycles. The van der Waals surface area contributed by atoms with Crippen LogP contribution < -0.4 is 10.1 Å². The topological polar surface area (TPSA) is 97.7 Å². The average Bonchev–Trinajstić information content (AvgIpc) is 3.51. The van der Waals surface area contributed by atoms with Crippen molar-refractivity contribution in [1.82, 2.24) is 25.0 Å². The zero-order valence-electron chi connectivity index (χ0n) is 16.4. The van der Waals surface area contributed by atoms with Crippen LogP contribution in [0.2, 0.25) is 0 Å². The highest BCUT2D eigenvalue weighted by atomic mass is 16.5. The first-order valence-electron chi connectivity index (χ1n) is 9.78. The van der Waals surface area contributed by atoms with Crippen molar-refractivity contribution in [3.8, 4) is 22.8 Å². The molecule has 30 heavy (non-hydrogen) atoms. The fourth-order valence-electron chi connectivity index (χ4n) is 3.84. The van der Waals surface area contributed by atoms with Gasteiger partial charge in [0.05, 0.1) is 18.4 Å². The SMILES string of the molecule is COc1ccccc1-c1nc(NC(=O)c2nn(-c3ccccc3)c3c2CCC3)n[nH]1. The lowest BCUT2D eigenvalue weighted by molar-refractivity contribution is 0.102.